The molecule has 1 fully saturated rings. The summed E-state index contributed by atoms with van der Waals surface area (Å²) in [5, 5.41) is 23.1. The van der Waals surface area contributed by atoms with Gasteiger partial charge < -0.3 is 15.7 Å². The van der Waals surface area contributed by atoms with E-state index in [-0.39, 0.29) is 17.4 Å². The van der Waals surface area contributed by atoms with Gasteiger partial charge in [0.15, 0.2) is 0 Å². The predicted octanol–water partition coefficient (Wildman–Crippen LogP) is 0.261. The number of nitriles is 1. The van der Waals surface area contributed by atoms with Gasteiger partial charge in [0, 0.05) is 12.7 Å². The van der Waals surface area contributed by atoms with Gasteiger partial charge in [0.2, 0.25) is 11.8 Å². The van der Waals surface area contributed by atoms with Crippen LogP contribution >= 0.6 is 11.8 Å². The average molecular weight is 313 g/mol. The standard InChI is InChI=1S/C13H19N3O4S/c1-9(17)15-10(12(19)20)6-21-7-11(18)16-13(8-14)4-2-3-5-13/h10H,2-7H2,1H3,(H,15,17)(H,16,18)(H,19,20)/t10-/m0/s1. The smallest absolute Gasteiger partial charge is 0.327 e. The minimum absolute atomic E-state index is 0.0623. The summed E-state index contributed by atoms with van der Waals surface area (Å²) in [7, 11) is 0. The highest BCUT2D eigenvalue weighted by Crippen LogP contribution is 2.28. The normalized spacial score (nSPS) is 17.5. The van der Waals surface area contributed by atoms with Gasteiger partial charge in [-0.2, -0.15) is 5.26 Å². The summed E-state index contributed by atoms with van der Waals surface area (Å²) in [5.74, 6) is -1.69. The summed E-state index contributed by atoms with van der Waals surface area (Å²) in [6.07, 6.45) is 3.16. The molecule has 0 bridgehead atoms. The van der Waals surface area contributed by atoms with Crippen LogP contribution in [0.4, 0.5) is 0 Å². The fraction of sp³-hybridized carbons (Fsp3) is 0.692. The number of amides is 2. The summed E-state index contributed by atoms with van der Waals surface area (Å²) >= 11 is 1.12. The van der Waals surface area contributed by atoms with Crippen LogP contribution in [0, 0.1) is 11.3 Å². The Kier molecular flexibility index (Phi) is 6.49. The lowest BCUT2D eigenvalue weighted by Crippen LogP contribution is -2.46. The van der Waals surface area contributed by atoms with Crippen molar-refractivity contribution >= 4 is 29.5 Å². The molecule has 1 aliphatic carbocycles. The van der Waals surface area contributed by atoms with Crippen molar-refractivity contribution in [1.29, 1.82) is 5.26 Å². The number of carboxylic acids is 1. The van der Waals surface area contributed by atoms with E-state index in [1.807, 2.05) is 0 Å². The Morgan fingerprint density at radius 1 is 1.38 bits per heavy atom. The van der Waals surface area contributed by atoms with E-state index in [1.165, 1.54) is 6.92 Å². The fourth-order valence-electron chi connectivity index (χ4n) is 2.24. The fourth-order valence-corrected chi connectivity index (χ4v) is 3.07. The molecule has 7 nitrogen and oxygen atoms in total. The van der Waals surface area contributed by atoms with Gasteiger partial charge in [0.05, 0.1) is 11.8 Å². The van der Waals surface area contributed by atoms with Crippen molar-refractivity contribution in [2.45, 2.75) is 44.2 Å². The van der Waals surface area contributed by atoms with Crippen molar-refractivity contribution in [1.82, 2.24) is 10.6 Å². The van der Waals surface area contributed by atoms with Gasteiger partial charge in [-0.1, -0.05) is 0 Å². The maximum absolute atomic E-state index is 11.8. The molecule has 1 saturated carbocycles. The van der Waals surface area contributed by atoms with Crippen LogP contribution in [0.15, 0.2) is 0 Å². The highest BCUT2D eigenvalue weighted by Gasteiger charge is 2.35. The third-order valence-corrected chi connectivity index (χ3v) is 4.28. The summed E-state index contributed by atoms with van der Waals surface area (Å²) < 4.78 is 0. The molecule has 0 saturated heterocycles. The molecule has 3 N–H and O–H groups in total. The molecule has 21 heavy (non-hydrogen) atoms. The molecule has 1 atom stereocenters. The van der Waals surface area contributed by atoms with Crippen LogP contribution in [0.2, 0.25) is 0 Å². The number of aliphatic carboxylic acids is 1. The van der Waals surface area contributed by atoms with Gasteiger partial charge >= 0.3 is 5.97 Å². The summed E-state index contributed by atoms with van der Waals surface area (Å²) in [4.78, 5) is 33.6. The van der Waals surface area contributed by atoms with E-state index >= 15 is 0 Å². The van der Waals surface area contributed by atoms with E-state index < -0.39 is 23.5 Å². The first-order chi connectivity index (χ1) is 9.88. The van der Waals surface area contributed by atoms with E-state index in [4.69, 9.17) is 10.4 Å². The number of hydrogen-bond acceptors (Lipinski definition) is 5. The maximum atomic E-state index is 11.8. The molecule has 0 aromatic rings. The zero-order valence-corrected chi connectivity index (χ0v) is 12.7. The highest BCUT2D eigenvalue weighted by molar-refractivity contribution is 8.00. The quantitative estimate of drug-likeness (QED) is 0.620. The second-order valence-electron chi connectivity index (χ2n) is 5.06. The van der Waals surface area contributed by atoms with Crippen LogP contribution in [-0.4, -0.2) is 46.0 Å². The lowest BCUT2D eigenvalue weighted by molar-refractivity contribution is -0.140. The maximum Gasteiger partial charge on any atom is 0.327 e. The molecular formula is C13H19N3O4S. The molecular weight excluding hydrogens is 294 g/mol. The molecule has 8 heteroatoms. The molecule has 0 heterocycles. The van der Waals surface area contributed by atoms with Crippen LogP contribution in [0.1, 0.15) is 32.6 Å². The zero-order valence-electron chi connectivity index (χ0n) is 11.8. The Bertz CT molecular complexity index is 455. The predicted molar refractivity (Wildman–Crippen MR) is 77.5 cm³/mol. The molecule has 0 aromatic carbocycles. The van der Waals surface area contributed by atoms with Crippen LogP contribution in [-0.2, 0) is 14.4 Å². The van der Waals surface area contributed by atoms with Crippen LogP contribution in [0.25, 0.3) is 0 Å². The van der Waals surface area contributed by atoms with Crippen LogP contribution in [0.3, 0.4) is 0 Å². The molecule has 0 aliphatic heterocycles. The molecule has 0 unspecified atom stereocenters. The first-order valence-corrected chi connectivity index (χ1v) is 7.84. The van der Waals surface area contributed by atoms with Gasteiger partial charge in [0.25, 0.3) is 0 Å². The molecule has 2 amide bonds. The second kappa shape index (κ2) is 7.88. The van der Waals surface area contributed by atoms with E-state index in [1.54, 1.807) is 0 Å². The minimum atomic E-state index is -1.14. The van der Waals surface area contributed by atoms with E-state index in [9.17, 15) is 14.4 Å². The Morgan fingerprint density at radius 3 is 2.48 bits per heavy atom. The van der Waals surface area contributed by atoms with Gasteiger partial charge in [-0.15, -0.1) is 11.8 Å². The SMILES string of the molecule is CC(=O)N[C@@H](CSCC(=O)NC1(C#N)CCCC1)C(=O)O. The number of nitrogens with zero attached hydrogens (tertiary/aromatic N) is 1. The Hall–Kier alpha value is -1.75. The van der Waals surface area contributed by atoms with Gasteiger partial charge in [-0.3, -0.25) is 9.59 Å². The number of carboxylic acid groups (broad SMARTS) is 1. The van der Waals surface area contributed by atoms with Crippen molar-refractivity contribution in [2.75, 3.05) is 11.5 Å². The molecule has 0 aromatic heterocycles. The number of hydrogen-bond donors (Lipinski definition) is 3. The largest absolute Gasteiger partial charge is 0.480 e. The summed E-state index contributed by atoms with van der Waals surface area (Å²) in [5.41, 5.74) is -0.762. The lowest BCUT2D eigenvalue weighted by Gasteiger charge is -2.22. The number of thioether (sulfide) groups is 1. The number of rotatable bonds is 7. The lowest BCUT2D eigenvalue weighted by atomic mass is 10.0. The van der Waals surface area contributed by atoms with Crippen molar-refractivity contribution < 1.29 is 19.5 Å². The topological polar surface area (TPSA) is 119 Å². The summed E-state index contributed by atoms with van der Waals surface area (Å²) in [6, 6.07) is 1.14. The zero-order chi connectivity index (χ0) is 15.9. The molecule has 1 aliphatic rings. The Balaban J connectivity index is 2.37. The summed E-state index contributed by atoms with van der Waals surface area (Å²) in [6.45, 7) is 1.24. The van der Waals surface area contributed by atoms with Crippen LogP contribution in [0.5, 0.6) is 0 Å². The van der Waals surface area contributed by atoms with Gasteiger partial charge in [0.1, 0.15) is 11.6 Å². The highest BCUT2D eigenvalue weighted by atomic mass is 32.2. The third-order valence-electron chi connectivity index (χ3n) is 3.24. The van der Waals surface area contributed by atoms with E-state index in [0.717, 1.165) is 24.6 Å². The first kappa shape index (κ1) is 17.3. The number of nitrogens with one attached hydrogen (secondary N) is 2. The number of carbonyl (C=O) groups is 3. The molecule has 1 rings (SSSR count). The van der Waals surface area contributed by atoms with Gasteiger partial charge in [-0.25, -0.2) is 4.79 Å². The average Bonchev–Trinajstić information content (AvgIpc) is 2.86. The molecule has 0 radical (unpaired) electrons. The first-order valence-electron chi connectivity index (χ1n) is 6.68. The van der Waals surface area contributed by atoms with Crippen molar-refractivity contribution in [2.24, 2.45) is 0 Å². The van der Waals surface area contributed by atoms with Crippen molar-refractivity contribution in [3.8, 4) is 6.07 Å². The number of carbonyl (C=O) groups excluding carboxylic acids is 2. The van der Waals surface area contributed by atoms with E-state index in [0.29, 0.717) is 12.8 Å². The molecule has 116 valence electrons. The van der Waals surface area contributed by atoms with Crippen molar-refractivity contribution in [3.63, 3.8) is 0 Å². The Morgan fingerprint density at radius 2 is 2.00 bits per heavy atom. The minimum Gasteiger partial charge on any atom is -0.480 e. The second-order valence-corrected chi connectivity index (χ2v) is 6.09. The molecule has 0 spiro atoms. The van der Waals surface area contributed by atoms with Crippen molar-refractivity contribution in [3.05, 3.63) is 0 Å². The monoisotopic (exact) mass is 313 g/mol. The Labute approximate surface area is 127 Å². The van der Waals surface area contributed by atoms with Gasteiger partial charge in [-0.05, 0) is 25.7 Å². The van der Waals surface area contributed by atoms with Crippen LogP contribution < -0.4 is 10.6 Å². The third kappa shape index (κ3) is 5.63. The van der Waals surface area contributed by atoms with E-state index in [2.05, 4.69) is 16.7 Å².